The Labute approximate surface area is 212 Å². The molecule has 1 fully saturated rings. The van der Waals surface area contributed by atoms with Crippen LogP contribution in [-0.2, 0) is 14.6 Å². The molecule has 6 heteroatoms. The molecule has 2 unspecified atom stereocenters. The lowest BCUT2D eigenvalue weighted by Crippen LogP contribution is -2.41. The molecule has 0 radical (unpaired) electrons. The van der Waals surface area contributed by atoms with E-state index in [1.54, 1.807) is 0 Å². The number of rotatable bonds is 21. The molecule has 0 aromatic carbocycles. The highest BCUT2D eigenvalue weighted by Crippen LogP contribution is 2.33. The fourth-order valence-electron chi connectivity index (χ4n) is 4.39. The number of unbranched alkanes of at least 4 members (excludes halogenated alkanes) is 13. The summed E-state index contributed by atoms with van der Waals surface area (Å²) in [5.74, 6) is 2.16. The SMILES string of the molecule is CCCCCCCCCCCCCCCCSCC1(CS(=O)(=O)C(I)CC)CCCO1. The van der Waals surface area contributed by atoms with Gasteiger partial charge in [0, 0.05) is 12.4 Å². The lowest BCUT2D eigenvalue weighted by molar-refractivity contribution is 0.0435. The van der Waals surface area contributed by atoms with Crippen LogP contribution >= 0.6 is 34.4 Å². The maximum Gasteiger partial charge on any atom is 0.165 e. The van der Waals surface area contributed by atoms with Crippen LogP contribution in [0.25, 0.3) is 0 Å². The van der Waals surface area contributed by atoms with Gasteiger partial charge in [-0.05, 0) is 31.4 Å². The fourth-order valence-corrected chi connectivity index (χ4v) is 8.07. The minimum Gasteiger partial charge on any atom is -0.373 e. The quantitative estimate of drug-likeness (QED) is 0.0768. The molecule has 0 saturated carbocycles. The summed E-state index contributed by atoms with van der Waals surface area (Å²) in [7, 11) is -3.08. The van der Waals surface area contributed by atoms with Gasteiger partial charge in [0.2, 0.25) is 0 Å². The molecule has 0 aromatic heterocycles. The van der Waals surface area contributed by atoms with E-state index in [0.717, 1.165) is 24.3 Å². The minimum atomic E-state index is -3.08. The van der Waals surface area contributed by atoms with Crippen molar-refractivity contribution in [3.63, 3.8) is 0 Å². The Bertz CT molecular complexity index is 519. The third-order valence-corrected chi connectivity index (χ3v) is 12.9. The van der Waals surface area contributed by atoms with Crippen LogP contribution in [0.3, 0.4) is 0 Å². The highest BCUT2D eigenvalue weighted by Gasteiger charge is 2.41. The average Bonchev–Trinajstić information content (AvgIpc) is 3.20. The van der Waals surface area contributed by atoms with Gasteiger partial charge in [-0.15, -0.1) is 0 Å². The molecular formula is C25H49IO3S2. The van der Waals surface area contributed by atoms with E-state index >= 15 is 0 Å². The number of thioether (sulfide) groups is 1. The van der Waals surface area contributed by atoms with Gasteiger partial charge in [-0.1, -0.05) is 120 Å². The maximum atomic E-state index is 12.6. The van der Waals surface area contributed by atoms with Crippen LogP contribution in [0.2, 0.25) is 0 Å². The van der Waals surface area contributed by atoms with Crippen LogP contribution in [0.4, 0.5) is 0 Å². The van der Waals surface area contributed by atoms with Gasteiger partial charge in [-0.3, -0.25) is 0 Å². The van der Waals surface area contributed by atoms with Gasteiger partial charge in [-0.2, -0.15) is 11.8 Å². The Hall–Kier alpha value is 0.990. The molecule has 186 valence electrons. The first-order chi connectivity index (χ1) is 15.0. The first-order valence-electron chi connectivity index (χ1n) is 13.0. The molecule has 0 spiro atoms. The van der Waals surface area contributed by atoms with E-state index in [2.05, 4.69) is 29.5 Å². The van der Waals surface area contributed by atoms with Crippen molar-refractivity contribution in [2.24, 2.45) is 0 Å². The average molecular weight is 589 g/mol. The smallest absolute Gasteiger partial charge is 0.165 e. The first kappa shape index (κ1) is 30.0. The summed E-state index contributed by atoms with van der Waals surface area (Å²) in [6.07, 6.45) is 22.0. The van der Waals surface area contributed by atoms with Crippen LogP contribution in [0, 0.1) is 0 Å². The Morgan fingerprint density at radius 3 is 1.84 bits per heavy atom. The van der Waals surface area contributed by atoms with Gasteiger partial charge in [0.05, 0.1) is 11.4 Å². The summed E-state index contributed by atoms with van der Waals surface area (Å²) in [5.41, 5.74) is -0.432. The van der Waals surface area contributed by atoms with E-state index in [0.29, 0.717) is 13.0 Å². The minimum absolute atomic E-state index is 0.202. The molecule has 0 bridgehead atoms. The van der Waals surface area contributed by atoms with Crippen LogP contribution in [0.5, 0.6) is 0 Å². The number of halogens is 1. The highest BCUT2D eigenvalue weighted by molar-refractivity contribution is 14.1. The third kappa shape index (κ3) is 14.1. The molecule has 1 aliphatic rings. The van der Waals surface area contributed by atoms with Crippen molar-refractivity contribution in [2.75, 3.05) is 23.9 Å². The van der Waals surface area contributed by atoms with Crippen LogP contribution in [0.15, 0.2) is 0 Å². The van der Waals surface area contributed by atoms with E-state index in [9.17, 15) is 8.42 Å². The largest absolute Gasteiger partial charge is 0.373 e. The number of alkyl halides is 1. The van der Waals surface area contributed by atoms with Crippen LogP contribution in [-0.4, -0.2) is 41.1 Å². The first-order valence-corrected chi connectivity index (χ1v) is 17.1. The number of ether oxygens (including phenoxy) is 1. The van der Waals surface area contributed by atoms with Crippen LogP contribution < -0.4 is 0 Å². The monoisotopic (exact) mass is 588 g/mol. The molecule has 0 aromatic rings. The van der Waals surface area contributed by atoms with Gasteiger partial charge in [0.15, 0.2) is 9.84 Å². The molecule has 1 aliphatic heterocycles. The molecule has 1 heterocycles. The summed E-state index contributed by atoms with van der Waals surface area (Å²) < 4.78 is 30.9. The Kier molecular flexibility index (Phi) is 17.8. The van der Waals surface area contributed by atoms with Crippen molar-refractivity contribution in [3.05, 3.63) is 0 Å². The molecule has 2 atom stereocenters. The van der Waals surface area contributed by atoms with Crippen molar-refractivity contribution >= 4 is 44.2 Å². The number of hydrogen-bond acceptors (Lipinski definition) is 4. The van der Waals surface area contributed by atoms with Gasteiger partial charge in [0.25, 0.3) is 0 Å². The van der Waals surface area contributed by atoms with Crippen molar-refractivity contribution in [3.8, 4) is 0 Å². The molecule has 0 N–H and O–H groups in total. The summed E-state index contributed by atoms with van der Waals surface area (Å²) in [5, 5.41) is 0. The second-order valence-electron chi connectivity index (χ2n) is 9.41. The van der Waals surface area contributed by atoms with Crippen molar-refractivity contribution < 1.29 is 13.2 Å². The van der Waals surface area contributed by atoms with Gasteiger partial charge >= 0.3 is 0 Å². The van der Waals surface area contributed by atoms with Gasteiger partial charge < -0.3 is 4.74 Å². The predicted octanol–water partition coefficient (Wildman–Crippen LogP) is 8.34. The van der Waals surface area contributed by atoms with Crippen molar-refractivity contribution in [1.82, 2.24) is 0 Å². The topological polar surface area (TPSA) is 43.4 Å². The van der Waals surface area contributed by atoms with Crippen LogP contribution in [0.1, 0.15) is 123 Å². The standard InChI is InChI=1S/C25H49IO3S2/c1-3-5-6-7-8-9-10-11-12-13-14-15-16-17-21-30-22-25(19-18-20-29-25)23-31(27,28)24(26)4-2/h24H,3-23H2,1-2H3. The molecule has 3 nitrogen and oxygen atoms in total. The second kappa shape index (κ2) is 18.3. The molecule has 0 amide bonds. The summed E-state index contributed by atoms with van der Waals surface area (Å²) in [6, 6.07) is 0. The second-order valence-corrected chi connectivity index (χ2v) is 15.0. The van der Waals surface area contributed by atoms with E-state index in [1.165, 1.54) is 89.9 Å². The maximum absolute atomic E-state index is 12.6. The third-order valence-electron chi connectivity index (χ3n) is 6.37. The Balaban J connectivity index is 2.00. The summed E-state index contributed by atoms with van der Waals surface area (Å²) in [4.78, 5) is 0. The van der Waals surface area contributed by atoms with E-state index < -0.39 is 15.4 Å². The molecule has 0 aliphatic carbocycles. The molecular weight excluding hydrogens is 539 g/mol. The highest BCUT2D eigenvalue weighted by atomic mass is 127. The number of sulfone groups is 1. The van der Waals surface area contributed by atoms with Crippen molar-refractivity contribution in [2.45, 2.75) is 132 Å². The van der Waals surface area contributed by atoms with E-state index in [1.807, 2.05) is 18.7 Å². The van der Waals surface area contributed by atoms with Gasteiger partial charge in [-0.25, -0.2) is 8.42 Å². The fraction of sp³-hybridized carbons (Fsp3) is 1.00. The lowest BCUT2D eigenvalue weighted by Gasteiger charge is -2.28. The zero-order valence-electron chi connectivity index (χ0n) is 20.3. The molecule has 1 saturated heterocycles. The Morgan fingerprint density at radius 2 is 1.39 bits per heavy atom. The normalized spacial score (nSPS) is 20.4. The lowest BCUT2D eigenvalue weighted by atomic mass is 10.0. The van der Waals surface area contributed by atoms with Crippen molar-refractivity contribution in [1.29, 1.82) is 0 Å². The predicted molar refractivity (Wildman–Crippen MR) is 147 cm³/mol. The molecule has 31 heavy (non-hydrogen) atoms. The molecule has 1 rings (SSSR count). The summed E-state index contributed by atoms with van der Waals surface area (Å²) in [6.45, 7) is 4.94. The van der Waals surface area contributed by atoms with E-state index in [-0.39, 0.29) is 9.01 Å². The van der Waals surface area contributed by atoms with E-state index in [4.69, 9.17) is 4.74 Å². The Morgan fingerprint density at radius 1 is 0.871 bits per heavy atom. The summed E-state index contributed by atoms with van der Waals surface area (Å²) >= 11 is 3.97. The van der Waals surface area contributed by atoms with Gasteiger partial charge in [0.1, 0.15) is 3.26 Å². The zero-order valence-corrected chi connectivity index (χ0v) is 24.1. The zero-order chi connectivity index (χ0) is 22.8. The number of hydrogen-bond donors (Lipinski definition) is 0.